The number of rotatable bonds is 8. The Balaban J connectivity index is 1.40. The van der Waals surface area contributed by atoms with E-state index in [0.29, 0.717) is 24.5 Å². The van der Waals surface area contributed by atoms with E-state index in [0.717, 1.165) is 69.3 Å². The number of hydrogen-bond donors (Lipinski definition) is 1. The fourth-order valence-corrected chi connectivity index (χ4v) is 5.79. The maximum atomic E-state index is 13.5. The van der Waals surface area contributed by atoms with Crippen LogP contribution in [0.15, 0.2) is 18.2 Å². The van der Waals surface area contributed by atoms with Crippen LogP contribution in [0.4, 0.5) is 4.79 Å². The third kappa shape index (κ3) is 7.63. The molecule has 0 spiro atoms. The normalized spacial score (nSPS) is 21.0. The molecule has 0 aromatic heterocycles. The van der Waals surface area contributed by atoms with Crippen LogP contribution in [0.25, 0.3) is 0 Å². The Kier molecular flexibility index (Phi) is 9.10. The monoisotopic (exact) mass is 547 g/mol. The Bertz CT molecular complexity index is 1030. The number of carbonyl (C=O) groups excluding carboxylic acids is 3. The molecule has 2 aliphatic heterocycles. The molecule has 210 valence electrons. The van der Waals surface area contributed by atoms with Crippen LogP contribution in [0.5, 0.6) is 0 Å². The molecule has 9 heteroatoms. The minimum absolute atomic E-state index is 0.0636. The maximum absolute atomic E-state index is 13.5. The minimum atomic E-state index is -0.933. The summed E-state index contributed by atoms with van der Waals surface area (Å²) in [6.45, 7) is 7.06. The molecule has 1 aliphatic carbocycles. The lowest BCUT2D eigenvalue weighted by Crippen LogP contribution is -2.52. The van der Waals surface area contributed by atoms with Gasteiger partial charge < -0.3 is 15.0 Å². The number of carbonyl (C=O) groups is 3. The van der Waals surface area contributed by atoms with E-state index in [1.807, 2.05) is 18.2 Å². The highest BCUT2D eigenvalue weighted by Crippen LogP contribution is 2.26. The second kappa shape index (κ2) is 12.7. The van der Waals surface area contributed by atoms with Crippen LogP contribution >= 0.6 is 11.6 Å². The van der Waals surface area contributed by atoms with Crippen molar-refractivity contribution in [2.75, 3.05) is 26.2 Å². The van der Waals surface area contributed by atoms with Crippen molar-refractivity contribution in [3.05, 3.63) is 34.3 Å². The van der Waals surface area contributed by atoms with Gasteiger partial charge in [0.1, 0.15) is 18.2 Å². The number of halogens is 1. The van der Waals surface area contributed by atoms with Crippen LogP contribution in [-0.2, 0) is 27.4 Å². The molecular weight excluding hydrogens is 504 g/mol. The van der Waals surface area contributed by atoms with Gasteiger partial charge in [-0.2, -0.15) is 0 Å². The van der Waals surface area contributed by atoms with Gasteiger partial charge in [0.2, 0.25) is 11.8 Å². The molecule has 2 saturated heterocycles. The molecule has 0 bridgehead atoms. The molecule has 1 aromatic carbocycles. The fraction of sp³-hybridized carbons (Fsp3) is 0.690. The van der Waals surface area contributed by atoms with E-state index in [-0.39, 0.29) is 31.3 Å². The lowest BCUT2D eigenvalue weighted by molar-refractivity contribution is -0.139. The first-order valence-electron chi connectivity index (χ1n) is 14.7. The molecule has 3 aliphatic rings. The standard InChI is InChI=1S/C29H43ClN4O4/c1-29(2,3)38-28(37)34(24-9-5-4-6-10-24)20-26(35)33-16-7-11-25(33)27(36)31-18-22-17-23(30)13-12-21(22)19-32-14-8-15-32/h12-13,17,24-25H,4-11,14-16,18-20H2,1-3H3,(H,31,36)/t25-/m0/s1/i1D. The van der Waals surface area contributed by atoms with E-state index in [1.54, 1.807) is 23.6 Å². The van der Waals surface area contributed by atoms with E-state index in [9.17, 15) is 14.4 Å². The molecule has 1 aromatic rings. The van der Waals surface area contributed by atoms with Gasteiger partial charge in [-0.05, 0) is 89.2 Å². The Morgan fingerprint density at radius 3 is 2.53 bits per heavy atom. The highest BCUT2D eigenvalue weighted by molar-refractivity contribution is 6.30. The fourth-order valence-electron chi connectivity index (χ4n) is 5.60. The van der Waals surface area contributed by atoms with E-state index < -0.39 is 17.7 Å². The molecular formula is C29H43ClN4O4. The van der Waals surface area contributed by atoms with E-state index >= 15 is 0 Å². The van der Waals surface area contributed by atoms with Crippen molar-refractivity contribution in [3.63, 3.8) is 0 Å². The third-order valence-electron chi connectivity index (χ3n) is 7.76. The van der Waals surface area contributed by atoms with Crippen molar-refractivity contribution in [3.8, 4) is 0 Å². The zero-order chi connectivity index (χ0) is 28.0. The molecule has 1 N–H and O–H groups in total. The largest absolute Gasteiger partial charge is 0.444 e. The van der Waals surface area contributed by atoms with Crippen molar-refractivity contribution in [1.82, 2.24) is 20.0 Å². The average molecular weight is 548 g/mol. The summed E-state index contributed by atoms with van der Waals surface area (Å²) in [5, 5.41) is 3.68. The highest BCUT2D eigenvalue weighted by atomic mass is 35.5. The number of hydrogen-bond acceptors (Lipinski definition) is 5. The van der Waals surface area contributed by atoms with Gasteiger partial charge in [-0.1, -0.05) is 36.9 Å². The number of benzene rings is 1. The molecule has 0 unspecified atom stereocenters. The van der Waals surface area contributed by atoms with Crippen LogP contribution in [-0.4, -0.2) is 76.5 Å². The summed E-state index contributed by atoms with van der Waals surface area (Å²) < 4.78 is 13.3. The maximum Gasteiger partial charge on any atom is 0.411 e. The van der Waals surface area contributed by atoms with Gasteiger partial charge in [-0.25, -0.2) is 4.79 Å². The first-order chi connectivity index (χ1) is 18.7. The zero-order valence-corrected chi connectivity index (χ0v) is 23.6. The summed E-state index contributed by atoms with van der Waals surface area (Å²) in [6.07, 6.45) is 6.76. The van der Waals surface area contributed by atoms with E-state index in [1.165, 1.54) is 6.42 Å². The Morgan fingerprint density at radius 2 is 1.84 bits per heavy atom. The lowest BCUT2D eigenvalue weighted by atomic mass is 9.94. The second-order valence-electron chi connectivity index (χ2n) is 11.6. The highest BCUT2D eigenvalue weighted by Gasteiger charge is 2.37. The first kappa shape index (κ1) is 27.3. The smallest absolute Gasteiger partial charge is 0.411 e. The summed E-state index contributed by atoms with van der Waals surface area (Å²) >= 11 is 6.26. The molecule has 1 saturated carbocycles. The first-order valence-corrected chi connectivity index (χ1v) is 14.4. The summed E-state index contributed by atoms with van der Waals surface area (Å²) in [5.41, 5.74) is 1.20. The minimum Gasteiger partial charge on any atom is -0.444 e. The lowest BCUT2D eigenvalue weighted by Gasteiger charge is -2.36. The molecule has 4 rings (SSSR count). The summed E-state index contributed by atoms with van der Waals surface area (Å²) in [7, 11) is 0. The SMILES string of the molecule is [2H]CC(C)(C)OC(=O)N(CC(=O)N1CCC[C@H]1C(=O)NCc1cc(Cl)ccc1CN1CCC1)C1CCCCC1. The average Bonchev–Trinajstić information content (AvgIpc) is 3.39. The van der Waals surface area contributed by atoms with Gasteiger partial charge in [0.25, 0.3) is 0 Å². The van der Waals surface area contributed by atoms with E-state index in [4.69, 9.17) is 17.7 Å². The number of likely N-dealkylation sites (tertiary alicyclic amines) is 2. The quantitative estimate of drug-likeness (QED) is 0.509. The van der Waals surface area contributed by atoms with Crippen LogP contribution in [0, 0.1) is 0 Å². The second-order valence-corrected chi connectivity index (χ2v) is 12.0. The van der Waals surface area contributed by atoms with Crippen molar-refractivity contribution in [1.29, 1.82) is 0 Å². The van der Waals surface area contributed by atoms with Crippen LogP contribution in [0.3, 0.4) is 0 Å². The molecule has 0 radical (unpaired) electrons. The molecule has 2 heterocycles. The van der Waals surface area contributed by atoms with Gasteiger partial charge in [0.15, 0.2) is 0 Å². The zero-order valence-electron chi connectivity index (χ0n) is 23.8. The Hall–Kier alpha value is -2.32. The van der Waals surface area contributed by atoms with Gasteiger partial charge in [-0.3, -0.25) is 19.4 Å². The predicted octanol–water partition coefficient (Wildman–Crippen LogP) is 4.72. The Labute approximate surface area is 233 Å². The predicted molar refractivity (Wildman–Crippen MR) is 148 cm³/mol. The number of ether oxygens (including phenoxy) is 1. The third-order valence-corrected chi connectivity index (χ3v) is 7.99. The van der Waals surface area contributed by atoms with Gasteiger partial charge in [0, 0.05) is 32.1 Å². The summed E-state index contributed by atoms with van der Waals surface area (Å²) in [5.74, 6) is -0.419. The van der Waals surface area contributed by atoms with Crippen molar-refractivity contribution >= 4 is 29.5 Å². The summed E-state index contributed by atoms with van der Waals surface area (Å²) in [4.78, 5) is 45.5. The van der Waals surface area contributed by atoms with Crippen LogP contribution < -0.4 is 5.32 Å². The molecule has 38 heavy (non-hydrogen) atoms. The van der Waals surface area contributed by atoms with Gasteiger partial charge in [-0.15, -0.1) is 0 Å². The number of nitrogens with zero attached hydrogens (tertiary/aromatic N) is 3. The number of amides is 3. The van der Waals surface area contributed by atoms with Crippen LogP contribution in [0.2, 0.25) is 5.02 Å². The molecule has 3 fully saturated rings. The topological polar surface area (TPSA) is 82.2 Å². The van der Waals surface area contributed by atoms with Gasteiger partial charge in [0.05, 0.1) is 0 Å². The van der Waals surface area contributed by atoms with E-state index in [2.05, 4.69) is 10.2 Å². The molecule has 8 nitrogen and oxygen atoms in total. The number of nitrogens with one attached hydrogen (secondary N) is 1. The Morgan fingerprint density at radius 1 is 1.08 bits per heavy atom. The van der Waals surface area contributed by atoms with Gasteiger partial charge >= 0.3 is 6.09 Å². The van der Waals surface area contributed by atoms with Crippen molar-refractivity contribution in [2.45, 2.75) is 103 Å². The van der Waals surface area contributed by atoms with Crippen molar-refractivity contribution < 1.29 is 20.5 Å². The molecule has 3 amide bonds. The van der Waals surface area contributed by atoms with Crippen LogP contribution in [0.1, 0.15) is 84.6 Å². The summed E-state index contributed by atoms with van der Waals surface area (Å²) in [6, 6.07) is 5.17. The molecule has 1 atom stereocenters. The van der Waals surface area contributed by atoms with Crippen molar-refractivity contribution in [2.24, 2.45) is 0 Å².